The van der Waals surface area contributed by atoms with Gasteiger partial charge in [-0.2, -0.15) is 0 Å². The summed E-state index contributed by atoms with van der Waals surface area (Å²) in [6, 6.07) is 0. The number of hydrogen-bond donors (Lipinski definition) is 4. The third-order valence-corrected chi connectivity index (χ3v) is 3.37. The molecule has 0 unspecified atom stereocenters. The van der Waals surface area contributed by atoms with Crippen LogP contribution in [-0.2, 0) is 4.74 Å². The van der Waals surface area contributed by atoms with E-state index in [1.165, 1.54) is 10.9 Å². The fourth-order valence-corrected chi connectivity index (χ4v) is 2.34. The number of pyridine rings is 1. The van der Waals surface area contributed by atoms with E-state index in [-0.39, 0.29) is 16.9 Å². The molecule has 5 N–H and O–H groups in total. The second-order valence-electron chi connectivity index (χ2n) is 4.57. The van der Waals surface area contributed by atoms with Gasteiger partial charge < -0.3 is 25.8 Å². The third-order valence-electron chi connectivity index (χ3n) is 3.37. The van der Waals surface area contributed by atoms with E-state index in [0.29, 0.717) is 0 Å². The van der Waals surface area contributed by atoms with Crippen molar-refractivity contribution in [1.82, 2.24) is 14.5 Å². The molecule has 2 aromatic heterocycles. The van der Waals surface area contributed by atoms with Gasteiger partial charge in [-0.05, 0) is 0 Å². The smallest absolute Gasteiger partial charge is 0.167 e. The summed E-state index contributed by atoms with van der Waals surface area (Å²) in [6.45, 7) is -0.465. The molecule has 108 valence electrons. The Hall–Kier alpha value is -1.81. The van der Waals surface area contributed by atoms with Gasteiger partial charge in [0.05, 0.1) is 19.1 Å². The number of aromatic nitrogens is 3. The molecule has 3 rings (SSSR count). The molecule has 0 bridgehead atoms. The molecule has 1 saturated heterocycles. The van der Waals surface area contributed by atoms with Crippen LogP contribution in [0.3, 0.4) is 0 Å². The summed E-state index contributed by atoms with van der Waals surface area (Å²) < 4.78 is 20.4. The number of halogens is 1. The fraction of sp³-hybridized carbons (Fsp3) is 0.455. The number of imidazole rings is 1. The summed E-state index contributed by atoms with van der Waals surface area (Å²) in [7, 11) is 0. The Morgan fingerprint density at radius 3 is 2.75 bits per heavy atom. The Labute approximate surface area is 112 Å². The minimum Gasteiger partial charge on any atom is -0.394 e. The maximum absolute atomic E-state index is 13.9. The summed E-state index contributed by atoms with van der Waals surface area (Å²) >= 11 is 0. The molecule has 20 heavy (non-hydrogen) atoms. The second-order valence-corrected chi connectivity index (χ2v) is 4.57. The molecular formula is C11H13FN4O4. The monoisotopic (exact) mass is 284 g/mol. The first-order valence-electron chi connectivity index (χ1n) is 5.93. The maximum atomic E-state index is 13.9. The number of hydrogen-bond acceptors (Lipinski definition) is 7. The van der Waals surface area contributed by atoms with Gasteiger partial charge in [-0.3, -0.25) is 4.57 Å². The number of ether oxygens (including phenoxy) is 1. The molecule has 0 spiro atoms. The van der Waals surface area contributed by atoms with Gasteiger partial charge in [-0.1, -0.05) is 0 Å². The summed E-state index contributed by atoms with van der Waals surface area (Å²) in [5.41, 5.74) is 5.77. The van der Waals surface area contributed by atoms with Crippen molar-refractivity contribution in [3.05, 3.63) is 18.3 Å². The van der Waals surface area contributed by atoms with Gasteiger partial charge in [0, 0.05) is 0 Å². The molecule has 1 aliphatic rings. The Morgan fingerprint density at radius 1 is 1.35 bits per heavy atom. The molecule has 3 heterocycles. The molecule has 0 saturated carbocycles. The van der Waals surface area contributed by atoms with E-state index in [9.17, 15) is 14.6 Å². The lowest BCUT2D eigenvalue weighted by atomic mass is 10.1. The zero-order valence-corrected chi connectivity index (χ0v) is 10.2. The number of rotatable bonds is 2. The molecule has 0 radical (unpaired) electrons. The normalized spacial score (nSPS) is 30.2. The van der Waals surface area contributed by atoms with Crippen molar-refractivity contribution >= 4 is 16.9 Å². The maximum Gasteiger partial charge on any atom is 0.167 e. The highest BCUT2D eigenvalue weighted by Gasteiger charge is 2.44. The van der Waals surface area contributed by atoms with Crippen LogP contribution in [0.15, 0.2) is 12.5 Å². The van der Waals surface area contributed by atoms with E-state index in [1.807, 2.05) is 0 Å². The average Bonchev–Trinajstić information content (AvgIpc) is 2.99. The minimum atomic E-state index is -1.32. The molecule has 4 atom stereocenters. The predicted molar refractivity (Wildman–Crippen MR) is 64.9 cm³/mol. The average molecular weight is 284 g/mol. The van der Waals surface area contributed by atoms with Crippen LogP contribution in [-0.4, -0.2) is 54.8 Å². The van der Waals surface area contributed by atoms with E-state index in [0.717, 1.165) is 6.20 Å². The number of nitrogens with zero attached hydrogens (tertiary/aromatic N) is 3. The van der Waals surface area contributed by atoms with Crippen LogP contribution in [0.2, 0.25) is 0 Å². The standard InChI is InChI=1S/C11H13FN4O4/c12-4-1-14-10(13)6-7(4)16(3-15-6)11-9(19)8(18)5(2-17)20-11/h1,3,5,8-9,11,17-19H,2H2,(H2,13,14)/t5-,8-,9-,11-/m1/s1. The molecule has 2 aromatic rings. The SMILES string of the molecule is Nc1ncc(F)c2c1ncn2[C@@H]1O[C@H](CO)[C@@H](O)[C@H]1O. The summed E-state index contributed by atoms with van der Waals surface area (Å²) in [4.78, 5) is 7.58. The first kappa shape index (κ1) is 13.2. The van der Waals surface area contributed by atoms with Crippen molar-refractivity contribution in [2.24, 2.45) is 0 Å². The van der Waals surface area contributed by atoms with Gasteiger partial charge in [0.2, 0.25) is 0 Å². The largest absolute Gasteiger partial charge is 0.394 e. The van der Waals surface area contributed by atoms with E-state index in [4.69, 9.17) is 15.6 Å². The highest BCUT2D eigenvalue weighted by Crippen LogP contribution is 2.33. The highest BCUT2D eigenvalue weighted by molar-refractivity contribution is 5.85. The lowest BCUT2D eigenvalue weighted by molar-refractivity contribution is -0.0510. The predicted octanol–water partition coefficient (Wildman–Crippen LogP) is -1.24. The summed E-state index contributed by atoms with van der Waals surface area (Å²) in [6.07, 6.45) is -2.43. The molecule has 8 nitrogen and oxygen atoms in total. The second kappa shape index (κ2) is 4.63. The third kappa shape index (κ3) is 1.75. The van der Waals surface area contributed by atoms with Gasteiger partial charge in [-0.15, -0.1) is 0 Å². The van der Waals surface area contributed by atoms with Crippen LogP contribution >= 0.6 is 0 Å². The first-order valence-corrected chi connectivity index (χ1v) is 5.93. The Kier molecular flexibility index (Phi) is 3.05. The lowest BCUT2D eigenvalue weighted by Crippen LogP contribution is -2.33. The van der Waals surface area contributed by atoms with Crippen molar-refractivity contribution in [3.63, 3.8) is 0 Å². The van der Waals surface area contributed by atoms with Gasteiger partial charge in [-0.25, -0.2) is 14.4 Å². The Bertz CT molecular complexity index is 649. The van der Waals surface area contributed by atoms with Crippen molar-refractivity contribution in [2.75, 3.05) is 12.3 Å². The number of fused-ring (bicyclic) bond motifs is 1. The van der Waals surface area contributed by atoms with Crippen LogP contribution in [0.4, 0.5) is 10.2 Å². The quantitative estimate of drug-likeness (QED) is 0.543. The van der Waals surface area contributed by atoms with Crippen LogP contribution in [0, 0.1) is 5.82 Å². The van der Waals surface area contributed by atoms with Crippen LogP contribution in [0.25, 0.3) is 11.0 Å². The Balaban J connectivity index is 2.10. The molecular weight excluding hydrogens is 271 g/mol. The van der Waals surface area contributed by atoms with Crippen molar-refractivity contribution in [1.29, 1.82) is 0 Å². The van der Waals surface area contributed by atoms with Crippen LogP contribution < -0.4 is 5.73 Å². The first-order chi connectivity index (χ1) is 9.54. The zero-order valence-electron chi connectivity index (χ0n) is 10.2. The number of nitrogen functional groups attached to an aromatic ring is 1. The lowest BCUT2D eigenvalue weighted by Gasteiger charge is -2.17. The minimum absolute atomic E-state index is 0.0207. The topological polar surface area (TPSA) is 127 Å². The van der Waals surface area contributed by atoms with E-state index in [2.05, 4.69) is 9.97 Å². The fourth-order valence-electron chi connectivity index (χ4n) is 2.34. The number of anilines is 1. The van der Waals surface area contributed by atoms with Crippen molar-refractivity contribution in [2.45, 2.75) is 24.5 Å². The highest BCUT2D eigenvalue weighted by atomic mass is 19.1. The summed E-state index contributed by atoms with van der Waals surface area (Å²) in [5, 5.41) is 28.7. The number of aliphatic hydroxyl groups is 3. The van der Waals surface area contributed by atoms with Crippen LogP contribution in [0.1, 0.15) is 6.23 Å². The van der Waals surface area contributed by atoms with Crippen molar-refractivity contribution in [3.8, 4) is 0 Å². The zero-order chi connectivity index (χ0) is 14.4. The van der Waals surface area contributed by atoms with Crippen molar-refractivity contribution < 1.29 is 24.4 Å². The van der Waals surface area contributed by atoms with E-state index < -0.39 is 37.0 Å². The molecule has 0 aliphatic carbocycles. The van der Waals surface area contributed by atoms with Crippen LogP contribution in [0.5, 0.6) is 0 Å². The molecule has 1 aliphatic heterocycles. The summed E-state index contributed by atoms with van der Waals surface area (Å²) in [5.74, 6) is -0.628. The molecule has 0 aromatic carbocycles. The Morgan fingerprint density at radius 2 is 2.10 bits per heavy atom. The van der Waals surface area contributed by atoms with Gasteiger partial charge in [0.15, 0.2) is 17.9 Å². The van der Waals surface area contributed by atoms with Gasteiger partial charge in [0.1, 0.15) is 29.3 Å². The molecule has 0 amide bonds. The van der Waals surface area contributed by atoms with E-state index in [1.54, 1.807) is 0 Å². The van der Waals surface area contributed by atoms with E-state index >= 15 is 0 Å². The van der Waals surface area contributed by atoms with Gasteiger partial charge >= 0.3 is 0 Å². The molecule has 9 heteroatoms. The molecule has 1 fully saturated rings. The number of aliphatic hydroxyl groups excluding tert-OH is 3. The van der Waals surface area contributed by atoms with Gasteiger partial charge in [0.25, 0.3) is 0 Å². The number of nitrogens with two attached hydrogens (primary N) is 1.